The molecule has 0 aromatic carbocycles. The van der Waals surface area contributed by atoms with Gasteiger partial charge in [0, 0.05) is 18.6 Å². The molecule has 0 atom stereocenters. The maximum atomic E-state index is 11.1. The van der Waals surface area contributed by atoms with Crippen LogP contribution in [-0.2, 0) is 19.7 Å². The molecule has 1 N–H and O–H groups in total. The van der Waals surface area contributed by atoms with Crippen LogP contribution in [-0.4, -0.2) is 53.4 Å². The molecule has 0 aliphatic carbocycles. The summed E-state index contributed by atoms with van der Waals surface area (Å²) in [6, 6.07) is 0. The predicted molar refractivity (Wildman–Crippen MR) is 61.5 cm³/mol. The molecule has 0 fully saturated rings. The number of rotatable bonds is 8. The van der Waals surface area contributed by atoms with Gasteiger partial charge in [-0.2, -0.15) is 0 Å². The summed E-state index contributed by atoms with van der Waals surface area (Å²) >= 11 is 0. The molecule has 5 nitrogen and oxygen atoms in total. The molecule has 0 heterocycles. The van der Waals surface area contributed by atoms with Crippen LogP contribution in [0.25, 0.3) is 0 Å². The Kier molecular flexibility index (Phi) is 6.38. The van der Waals surface area contributed by atoms with Gasteiger partial charge in [0.15, 0.2) is 0 Å². The second kappa shape index (κ2) is 6.44. The zero-order valence-corrected chi connectivity index (χ0v) is 10.8. The Hall–Kier alpha value is -0.140. The topological polar surface area (TPSA) is 80.3 Å². The minimum Gasteiger partial charge on any atom is -0.316 e. The van der Waals surface area contributed by atoms with Crippen molar-refractivity contribution in [2.24, 2.45) is 0 Å². The molecule has 0 aromatic heterocycles. The molecule has 15 heavy (non-hydrogen) atoms. The van der Waals surface area contributed by atoms with Crippen molar-refractivity contribution in [2.45, 2.75) is 13.3 Å². The van der Waals surface area contributed by atoms with Gasteiger partial charge in [-0.1, -0.05) is 6.92 Å². The third kappa shape index (κ3) is 10.1. The molecule has 0 aromatic rings. The molecule has 92 valence electrons. The molecule has 0 radical (unpaired) electrons. The number of hydrogen-bond donors (Lipinski definition) is 1. The summed E-state index contributed by atoms with van der Waals surface area (Å²) in [6.07, 6.45) is 1.70. The summed E-state index contributed by atoms with van der Waals surface area (Å²) in [5.41, 5.74) is 0. The maximum absolute atomic E-state index is 11.1. The normalized spacial score (nSPS) is 12.9. The van der Waals surface area contributed by atoms with E-state index in [2.05, 4.69) is 5.32 Å². The highest BCUT2D eigenvalue weighted by molar-refractivity contribution is 7.91. The van der Waals surface area contributed by atoms with E-state index in [4.69, 9.17) is 0 Å². The summed E-state index contributed by atoms with van der Waals surface area (Å²) < 4.78 is 43.6. The van der Waals surface area contributed by atoms with E-state index in [0.29, 0.717) is 19.5 Å². The van der Waals surface area contributed by atoms with E-state index in [0.717, 1.165) is 0 Å². The van der Waals surface area contributed by atoms with Crippen LogP contribution in [0.4, 0.5) is 0 Å². The zero-order valence-electron chi connectivity index (χ0n) is 9.19. The van der Waals surface area contributed by atoms with Crippen molar-refractivity contribution < 1.29 is 16.8 Å². The fourth-order valence-corrected chi connectivity index (χ4v) is 2.33. The lowest BCUT2D eigenvalue weighted by Gasteiger charge is -2.03. The monoisotopic (exact) mass is 257 g/mol. The Morgan fingerprint density at radius 1 is 1.00 bits per heavy atom. The first-order valence-electron chi connectivity index (χ1n) is 4.86. The smallest absolute Gasteiger partial charge is 0.150 e. The maximum Gasteiger partial charge on any atom is 0.150 e. The van der Waals surface area contributed by atoms with Crippen LogP contribution in [0, 0.1) is 0 Å². The summed E-state index contributed by atoms with van der Waals surface area (Å²) in [6.45, 7) is 2.53. The van der Waals surface area contributed by atoms with Gasteiger partial charge in [-0.05, 0) is 13.0 Å². The molecule has 0 aliphatic heterocycles. The lowest BCUT2D eigenvalue weighted by atomic mass is 10.5. The van der Waals surface area contributed by atoms with Crippen molar-refractivity contribution in [2.75, 3.05) is 36.6 Å². The summed E-state index contributed by atoms with van der Waals surface area (Å²) in [7, 11) is -5.82. The summed E-state index contributed by atoms with van der Waals surface area (Å²) in [5, 5.41) is 2.89. The van der Waals surface area contributed by atoms with Gasteiger partial charge in [0.1, 0.15) is 19.7 Å². The zero-order chi connectivity index (χ0) is 11.9. The highest BCUT2D eigenvalue weighted by atomic mass is 32.2. The van der Waals surface area contributed by atoms with E-state index in [1.165, 1.54) is 6.26 Å². The lowest BCUT2D eigenvalue weighted by Crippen LogP contribution is -2.25. The Bertz CT molecular complexity index is 358. The van der Waals surface area contributed by atoms with Gasteiger partial charge in [0.05, 0.1) is 11.5 Å². The predicted octanol–water partition coefficient (Wildman–Crippen LogP) is -0.555. The standard InChI is InChI=1S/C8H19NO4S2/c1-3-15(12,13)7-4-5-9-6-8-14(2,10)11/h9H,3-8H2,1-2H3. The van der Waals surface area contributed by atoms with Crippen LogP contribution in [0.1, 0.15) is 13.3 Å². The first kappa shape index (κ1) is 14.9. The Labute approximate surface area is 92.1 Å². The van der Waals surface area contributed by atoms with E-state index in [1.54, 1.807) is 6.92 Å². The average Bonchev–Trinajstić information content (AvgIpc) is 2.09. The van der Waals surface area contributed by atoms with Crippen LogP contribution in [0.2, 0.25) is 0 Å². The second-order valence-electron chi connectivity index (χ2n) is 3.47. The molecule has 0 aliphatic rings. The molecule has 0 saturated heterocycles. The van der Waals surface area contributed by atoms with E-state index in [-0.39, 0.29) is 17.3 Å². The van der Waals surface area contributed by atoms with Crippen LogP contribution >= 0.6 is 0 Å². The van der Waals surface area contributed by atoms with Crippen molar-refractivity contribution in [3.8, 4) is 0 Å². The van der Waals surface area contributed by atoms with E-state index < -0.39 is 19.7 Å². The molecule has 0 unspecified atom stereocenters. The van der Waals surface area contributed by atoms with Gasteiger partial charge in [-0.3, -0.25) is 0 Å². The largest absolute Gasteiger partial charge is 0.316 e. The van der Waals surface area contributed by atoms with Gasteiger partial charge in [0.25, 0.3) is 0 Å². The molecular formula is C8H19NO4S2. The quantitative estimate of drug-likeness (QED) is 0.590. The van der Waals surface area contributed by atoms with Crippen LogP contribution in [0.5, 0.6) is 0 Å². The lowest BCUT2D eigenvalue weighted by molar-refractivity contribution is 0.586. The van der Waals surface area contributed by atoms with E-state index in [9.17, 15) is 16.8 Å². The van der Waals surface area contributed by atoms with Gasteiger partial charge in [-0.15, -0.1) is 0 Å². The Morgan fingerprint density at radius 2 is 1.60 bits per heavy atom. The van der Waals surface area contributed by atoms with E-state index >= 15 is 0 Å². The van der Waals surface area contributed by atoms with Gasteiger partial charge in [0.2, 0.25) is 0 Å². The van der Waals surface area contributed by atoms with Crippen molar-refractivity contribution in [1.29, 1.82) is 0 Å². The van der Waals surface area contributed by atoms with Crippen LogP contribution in [0.3, 0.4) is 0 Å². The minimum atomic E-state index is -2.93. The molecule has 0 amide bonds. The SMILES string of the molecule is CCS(=O)(=O)CCCNCCS(C)(=O)=O. The molecule has 0 spiro atoms. The highest BCUT2D eigenvalue weighted by Gasteiger charge is 2.06. The molecular weight excluding hydrogens is 238 g/mol. The van der Waals surface area contributed by atoms with Crippen LogP contribution < -0.4 is 5.32 Å². The minimum absolute atomic E-state index is 0.0908. The summed E-state index contributed by atoms with van der Waals surface area (Å²) in [5.74, 6) is 0.416. The fraction of sp³-hybridized carbons (Fsp3) is 1.00. The fourth-order valence-electron chi connectivity index (χ4n) is 0.944. The highest BCUT2D eigenvalue weighted by Crippen LogP contribution is 1.92. The Balaban J connectivity index is 3.50. The second-order valence-corrected chi connectivity index (χ2v) is 8.20. The van der Waals surface area contributed by atoms with Crippen LogP contribution in [0.15, 0.2) is 0 Å². The van der Waals surface area contributed by atoms with Crippen molar-refractivity contribution in [3.05, 3.63) is 0 Å². The van der Waals surface area contributed by atoms with Crippen molar-refractivity contribution in [1.82, 2.24) is 5.32 Å². The summed E-state index contributed by atoms with van der Waals surface area (Å²) in [4.78, 5) is 0. The van der Waals surface area contributed by atoms with Gasteiger partial charge >= 0.3 is 0 Å². The molecule has 7 heteroatoms. The molecule has 0 saturated carbocycles. The first-order valence-corrected chi connectivity index (χ1v) is 8.74. The van der Waals surface area contributed by atoms with Crippen molar-refractivity contribution >= 4 is 19.7 Å². The molecule has 0 bridgehead atoms. The first-order chi connectivity index (χ1) is 6.77. The number of sulfone groups is 2. The van der Waals surface area contributed by atoms with Gasteiger partial charge in [-0.25, -0.2) is 16.8 Å². The third-order valence-corrected chi connectivity index (χ3v) is 4.63. The third-order valence-electron chi connectivity index (χ3n) is 1.90. The molecule has 0 rings (SSSR count). The van der Waals surface area contributed by atoms with Gasteiger partial charge < -0.3 is 5.32 Å². The number of hydrogen-bond acceptors (Lipinski definition) is 5. The Morgan fingerprint density at radius 3 is 2.07 bits per heavy atom. The van der Waals surface area contributed by atoms with E-state index in [1.807, 2.05) is 0 Å². The average molecular weight is 257 g/mol. The number of nitrogens with one attached hydrogen (secondary N) is 1. The van der Waals surface area contributed by atoms with Crippen molar-refractivity contribution in [3.63, 3.8) is 0 Å².